The quantitative estimate of drug-likeness (QED) is 0.374. The first-order valence-corrected chi connectivity index (χ1v) is 5.64. The monoisotopic (exact) mass is 202 g/mol. The molecule has 0 saturated heterocycles. The molecule has 0 spiro atoms. The lowest BCUT2D eigenvalue weighted by molar-refractivity contribution is -0.107. The van der Waals surface area contributed by atoms with E-state index in [1.165, 1.54) is 0 Å². The van der Waals surface area contributed by atoms with Gasteiger partial charge in [-0.25, -0.2) is 0 Å². The number of unbranched alkanes of at least 4 members (excludes halogenated alkanes) is 2. The van der Waals surface area contributed by atoms with Crippen molar-refractivity contribution in [1.29, 1.82) is 0 Å². The molecule has 0 saturated carbocycles. The third-order valence-corrected chi connectivity index (χ3v) is 2.04. The molecule has 0 N–H and O–H groups in total. The molecule has 0 aliphatic carbocycles. The number of ether oxygens (including phenoxy) is 2. The first-order chi connectivity index (χ1) is 6.35. The third-order valence-electron chi connectivity index (χ3n) is 1.69. The summed E-state index contributed by atoms with van der Waals surface area (Å²) in [6.45, 7) is 0. The van der Waals surface area contributed by atoms with E-state index in [1.54, 1.807) is 26.0 Å². The summed E-state index contributed by atoms with van der Waals surface area (Å²) in [5, 5.41) is 2.97. The zero-order chi connectivity index (χ0) is 9.94. The molecule has 2 nitrogen and oxygen atoms in total. The van der Waals surface area contributed by atoms with E-state index in [4.69, 9.17) is 9.47 Å². The smallest absolute Gasteiger partial charge is 0.156 e. The van der Waals surface area contributed by atoms with Crippen molar-refractivity contribution in [1.82, 2.24) is 0 Å². The van der Waals surface area contributed by atoms with Gasteiger partial charge in [0, 0.05) is 20.6 Å². The lowest BCUT2D eigenvalue weighted by Gasteiger charge is -2.11. The summed E-state index contributed by atoms with van der Waals surface area (Å²) in [5.41, 5.74) is 0. The first kappa shape index (κ1) is 12.8. The molecule has 3 heteroatoms. The van der Waals surface area contributed by atoms with Crippen molar-refractivity contribution in [3.05, 3.63) is 0 Å². The maximum absolute atomic E-state index is 5.06. The average Bonchev–Trinajstić information content (AvgIpc) is 2.17. The predicted molar refractivity (Wildman–Crippen MR) is 57.6 cm³/mol. The largest absolute Gasteiger partial charge is 0.356 e. The molecule has 0 fully saturated rings. The Kier molecular flexibility index (Phi) is 9.78. The maximum atomic E-state index is 5.06. The maximum Gasteiger partial charge on any atom is 0.156 e. The van der Waals surface area contributed by atoms with Crippen LogP contribution < -0.4 is 0 Å². The second kappa shape index (κ2) is 9.91. The van der Waals surface area contributed by atoms with Crippen LogP contribution in [-0.2, 0) is 9.47 Å². The molecule has 0 unspecified atom stereocenters. The molecular formula is C10H18O2S. The first-order valence-electron chi connectivity index (χ1n) is 4.41. The van der Waals surface area contributed by atoms with Gasteiger partial charge >= 0.3 is 0 Å². The number of thioether (sulfide) groups is 1. The van der Waals surface area contributed by atoms with Gasteiger partial charge in [-0.15, -0.1) is 0 Å². The normalized spacial score (nSPS) is 9.85. The van der Waals surface area contributed by atoms with Gasteiger partial charge in [0.05, 0.1) is 0 Å². The number of rotatable bonds is 6. The molecule has 0 rings (SSSR count). The molecule has 0 aliphatic heterocycles. The van der Waals surface area contributed by atoms with Crippen molar-refractivity contribution in [3.8, 4) is 11.2 Å². The van der Waals surface area contributed by atoms with Crippen LogP contribution in [0.1, 0.15) is 25.7 Å². The van der Waals surface area contributed by atoms with Gasteiger partial charge in [-0.1, -0.05) is 17.7 Å². The Hall–Kier alpha value is -0.170. The molecule has 0 aromatic carbocycles. The van der Waals surface area contributed by atoms with Gasteiger partial charge in [0.25, 0.3) is 0 Å². The van der Waals surface area contributed by atoms with Crippen LogP contribution in [0.5, 0.6) is 0 Å². The summed E-state index contributed by atoms with van der Waals surface area (Å²) in [6, 6.07) is 0. The van der Waals surface area contributed by atoms with Crippen molar-refractivity contribution in [2.45, 2.75) is 32.0 Å². The van der Waals surface area contributed by atoms with Crippen LogP contribution in [0.15, 0.2) is 0 Å². The molecule has 0 aliphatic rings. The van der Waals surface area contributed by atoms with Crippen LogP contribution in [0.4, 0.5) is 0 Å². The molecule has 0 aromatic rings. The van der Waals surface area contributed by atoms with Crippen LogP contribution in [0.25, 0.3) is 0 Å². The number of methoxy groups -OCH3 is 2. The van der Waals surface area contributed by atoms with Gasteiger partial charge in [-0.05, 0) is 30.8 Å². The molecule has 0 heterocycles. The van der Waals surface area contributed by atoms with Crippen LogP contribution in [0, 0.1) is 11.2 Å². The Bertz CT molecular complexity index is 156. The van der Waals surface area contributed by atoms with Gasteiger partial charge < -0.3 is 9.47 Å². The fraction of sp³-hybridized carbons (Fsp3) is 0.800. The second-order valence-electron chi connectivity index (χ2n) is 2.63. The lowest BCUT2D eigenvalue weighted by Crippen LogP contribution is -2.12. The highest BCUT2D eigenvalue weighted by Crippen LogP contribution is 2.06. The summed E-state index contributed by atoms with van der Waals surface area (Å²) >= 11 is 1.56. The SMILES string of the molecule is COC(CCCCC#CSC)OC. The van der Waals surface area contributed by atoms with E-state index in [0.29, 0.717) is 0 Å². The molecule has 13 heavy (non-hydrogen) atoms. The minimum atomic E-state index is -0.0477. The Labute approximate surface area is 85.4 Å². The summed E-state index contributed by atoms with van der Waals surface area (Å²) in [7, 11) is 3.34. The van der Waals surface area contributed by atoms with Crippen LogP contribution in [0.2, 0.25) is 0 Å². The van der Waals surface area contributed by atoms with E-state index in [9.17, 15) is 0 Å². The average molecular weight is 202 g/mol. The zero-order valence-electron chi connectivity index (χ0n) is 8.63. The van der Waals surface area contributed by atoms with E-state index in [1.807, 2.05) is 6.26 Å². The Morgan fingerprint density at radius 2 is 1.92 bits per heavy atom. The Morgan fingerprint density at radius 1 is 1.23 bits per heavy atom. The standard InChI is InChI=1S/C10H18O2S/c1-11-10(12-2)8-6-4-5-7-9-13-3/h10H,4-6,8H2,1-3H3. The minimum absolute atomic E-state index is 0.0477. The van der Waals surface area contributed by atoms with Crippen LogP contribution in [0.3, 0.4) is 0 Å². The van der Waals surface area contributed by atoms with E-state index in [2.05, 4.69) is 11.2 Å². The van der Waals surface area contributed by atoms with Gasteiger partial charge in [-0.2, -0.15) is 0 Å². The highest BCUT2D eigenvalue weighted by molar-refractivity contribution is 8.03. The second-order valence-corrected chi connectivity index (χ2v) is 3.24. The highest BCUT2D eigenvalue weighted by Gasteiger charge is 2.02. The minimum Gasteiger partial charge on any atom is -0.356 e. The van der Waals surface area contributed by atoms with Crippen molar-refractivity contribution in [2.24, 2.45) is 0 Å². The fourth-order valence-corrected chi connectivity index (χ4v) is 1.23. The number of hydrogen-bond donors (Lipinski definition) is 0. The zero-order valence-corrected chi connectivity index (χ0v) is 9.45. The highest BCUT2D eigenvalue weighted by atomic mass is 32.2. The summed E-state index contributed by atoms with van der Waals surface area (Å²) in [6.07, 6.45) is 6.09. The van der Waals surface area contributed by atoms with Crippen LogP contribution >= 0.6 is 11.8 Å². The molecule has 0 radical (unpaired) electrons. The summed E-state index contributed by atoms with van der Waals surface area (Å²) in [4.78, 5) is 0. The van der Waals surface area contributed by atoms with Crippen molar-refractivity contribution >= 4 is 11.8 Å². The Balaban J connectivity index is 3.24. The van der Waals surface area contributed by atoms with E-state index in [-0.39, 0.29) is 6.29 Å². The molecule has 0 atom stereocenters. The fourth-order valence-electron chi connectivity index (χ4n) is 0.980. The lowest BCUT2D eigenvalue weighted by atomic mass is 10.2. The van der Waals surface area contributed by atoms with Gasteiger partial charge in [0.15, 0.2) is 6.29 Å². The molecule has 76 valence electrons. The molecular weight excluding hydrogens is 184 g/mol. The topological polar surface area (TPSA) is 18.5 Å². The summed E-state index contributed by atoms with van der Waals surface area (Å²) in [5.74, 6) is 3.08. The molecule has 0 bridgehead atoms. The Morgan fingerprint density at radius 3 is 2.46 bits per heavy atom. The summed E-state index contributed by atoms with van der Waals surface area (Å²) < 4.78 is 10.1. The van der Waals surface area contributed by atoms with Crippen molar-refractivity contribution in [2.75, 3.05) is 20.5 Å². The van der Waals surface area contributed by atoms with Gasteiger partial charge in [-0.3, -0.25) is 0 Å². The van der Waals surface area contributed by atoms with E-state index < -0.39 is 0 Å². The van der Waals surface area contributed by atoms with E-state index in [0.717, 1.165) is 25.7 Å². The van der Waals surface area contributed by atoms with Gasteiger partial charge in [0.2, 0.25) is 0 Å². The predicted octanol–water partition coefficient (Wildman–Crippen LogP) is 2.49. The number of hydrogen-bond acceptors (Lipinski definition) is 3. The van der Waals surface area contributed by atoms with E-state index >= 15 is 0 Å². The third kappa shape index (κ3) is 8.17. The van der Waals surface area contributed by atoms with Crippen molar-refractivity contribution in [3.63, 3.8) is 0 Å². The van der Waals surface area contributed by atoms with Crippen molar-refractivity contribution < 1.29 is 9.47 Å². The molecule has 0 amide bonds. The molecule has 0 aromatic heterocycles. The van der Waals surface area contributed by atoms with Gasteiger partial charge in [0.1, 0.15) is 0 Å². The van der Waals surface area contributed by atoms with Crippen LogP contribution in [-0.4, -0.2) is 26.8 Å².